The standard InChI is InChI=1S/C15H23O3.ClH.Hg/c1-14(2)8-5-9-15(3)11(14)7-6-10(16)12(15)13(17)18-4;;/h8,11-12H,5-7,9H2,1-4H3;1H;/q;;+1/p-1/t11-,12-,15-;;/m0../s1. The van der Waals surface area contributed by atoms with Crippen LogP contribution in [0.4, 0.5) is 0 Å². The number of methoxy groups -OCH3 is 1. The molecule has 4 atom stereocenters. The third kappa shape index (κ3) is 2.47. The summed E-state index contributed by atoms with van der Waals surface area (Å²) in [6, 6.07) is 0. The SMILES string of the molecule is COC(=O)[C@@H]1C(=O)CC[C@H]2C(C)(C)[CH]([Hg][Cl])CC[C@]12C. The van der Waals surface area contributed by atoms with Crippen LogP contribution in [0.25, 0.3) is 0 Å². The van der Waals surface area contributed by atoms with Crippen LogP contribution in [0.5, 0.6) is 0 Å². The van der Waals surface area contributed by atoms with Crippen molar-refractivity contribution in [3.05, 3.63) is 0 Å². The minimum absolute atomic E-state index is 0.0697. The first kappa shape index (κ1) is 16.7. The van der Waals surface area contributed by atoms with Gasteiger partial charge in [0.25, 0.3) is 0 Å². The summed E-state index contributed by atoms with van der Waals surface area (Å²) in [6.45, 7) is 6.72. The van der Waals surface area contributed by atoms with E-state index in [0.29, 0.717) is 15.8 Å². The van der Waals surface area contributed by atoms with E-state index in [-0.39, 0.29) is 22.6 Å². The average molecular weight is 487 g/mol. The predicted octanol–water partition coefficient (Wildman–Crippen LogP) is 3.61. The fourth-order valence-corrected chi connectivity index (χ4v) is 13.7. The van der Waals surface area contributed by atoms with Crippen molar-refractivity contribution in [2.45, 2.75) is 49.9 Å². The number of fused-ring (bicyclic) bond motifs is 1. The second-order valence-electron chi connectivity index (χ2n) is 7.23. The van der Waals surface area contributed by atoms with Crippen LogP contribution in [-0.4, -0.2) is 18.9 Å². The van der Waals surface area contributed by atoms with Gasteiger partial charge in [0, 0.05) is 0 Å². The molecule has 0 amide bonds. The van der Waals surface area contributed by atoms with Crippen LogP contribution in [0, 0.1) is 22.7 Å². The first-order valence-corrected chi connectivity index (χ1v) is 17.4. The van der Waals surface area contributed by atoms with Crippen LogP contribution < -0.4 is 0 Å². The Hall–Kier alpha value is 0.365. The summed E-state index contributed by atoms with van der Waals surface area (Å²) < 4.78 is 5.60. The first-order valence-electron chi connectivity index (χ1n) is 7.45. The zero-order chi connectivity index (χ0) is 15.1. The summed E-state index contributed by atoms with van der Waals surface area (Å²) in [4.78, 5) is 24.4. The van der Waals surface area contributed by atoms with Gasteiger partial charge in [0.15, 0.2) is 0 Å². The fraction of sp³-hybridized carbons (Fsp3) is 0.867. The molecule has 0 radical (unpaired) electrons. The molecular formula is C15H23ClHgO3. The van der Waals surface area contributed by atoms with Crippen molar-refractivity contribution >= 4 is 20.0 Å². The number of halogens is 1. The summed E-state index contributed by atoms with van der Waals surface area (Å²) in [6.07, 6.45) is 3.42. The van der Waals surface area contributed by atoms with E-state index in [0.717, 1.165) is 19.3 Å². The molecule has 2 saturated carbocycles. The molecule has 20 heavy (non-hydrogen) atoms. The van der Waals surface area contributed by atoms with Gasteiger partial charge in [-0.1, -0.05) is 0 Å². The van der Waals surface area contributed by atoms with E-state index in [9.17, 15) is 9.59 Å². The van der Waals surface area contributed by atoms with E-state index in [1.165, 1.54) is 7.11 Å². The molecule has 0 aromatic rings. The van der Waals surface area contributed by atoms with Crippen molar-refractivity contribution in [2.75, 3.05) is 7.11 Å². The quantitative estimate of drug-likeness (QED) is 0.340. The number of ether oxygens (including phenoxy) is 1. The molecule has 2 rings (SSSR count). The number of ketones is 1. The fourth-order valence-electron chi connectivity index (χ4n) is 4.81. The number of hydrogen-bond acceptors (Lipinski definition) is 3. The molecule has 0 aromatic heterocycles. The molecule has 2 fully saturated rings. The first-order chi connectivity index (χ1) is 9.29. The van der Waals surface area contributed by atoms with Crippen LogP contribution in [0.2, 0.25) is 3.43 Å². The number of carbonyl (C=O) groups excluding carboxylic acids is 2. The molecule has 3 nitrogen and oxygen atoms in total. The van der Waals surface area contributed by atoms with Crippen LogP contribution in [-0.2, 0) is 37.7 Å². The van der Waals surface area contributed by atoms with Gasteiger partial charge in [-0.3, -0.25) is 0 Å². The van der Waals surface area contributed by atoms with Crippen LogP contribution in [0.15, 0.2) is 0 Å². The minimum atomic E-state index is -1.34. The Kier molecular flexibility index (Phi) is 4.91. The summed E-state index contributed by atoms with van der Waals surface area (Å²) in [7, 11) is 7.74. The van der Waals surface area contributed by atoms with Crippen molar-refractivity contribution < 1.29 is 37.7 Å². The van der Waals surface area contributed by atoms with Gasteiger partial charge in [0.2, 0.25) is 0 Å². The maximum absolute atomic E-state index is 12.3. The molecule has 0 aromatic carbocycles. The zero-order valence-electron chi connectivity index (χ0n) is 12.9. The van der Waals surface area contributed by atoms with Crippen molar-refractivity contribution in [2.24, 2.45) is 22.7 Å². The Morgan fingerprint density at radius 3 is 2.55 bits per heavy atom. The van der Waals surface area contributed by atoms with Crippen LogP contribution in [0.3, 0.4) is 0 Å². The Bertz CT molecular complexity index is 415. The molecule has 0 aliphatic heterocycles. The molecule has 2 aliphatic rings. The molecule has 110 valence electrons. The van der Waals surface area contributed by atoms with Crippen LogP contribution >= 0.6 is 8.25 Å². The second-order valence-corrected chi connectivity index (χ2v) is 15.0. The molecule has 0 spiro atoms. The van der Waals surface area contributed by atoms with E-state index in [1.807, 2.05) is 0 Å². The Balaban J connectivity index is 2.41. The normalized spacial score (nSPS) is 39.6. The molecule has 0 saturated heterocycles. The van der Waals surface area contributed by atoms with Crippen molar-refractivity contribution in [1.29, 1.82) is 0 Å². The molecule has 5 heteroatoms. The van der Waals surface area contributed by atoms with E-state index >= 15 is 0 Å². The monoisotopic (exact) mass is 488 g/mol. The van der Waals surface area contributed by atoms with E-state index < -0.39 is 29.3 Å². The Labute approximate surface area is 137 Å². The van der Waals surface area contributed by atoms with Gasteiger partial charge in [-0.05, 0) is 0 Å². The molecule has 0 N–H and O–H groups in total. The van der Waals surface area contributed by atoms with Crippen molar-refractivity contribution in [3.8, 4) is 0 Å². The summed E-state index contributed by atoms with van der Waals surface area (Å²) in [5.41, 5.74) is -0.0917. The summed E-state index contributed by atoms with van der Waals surface area (Å²) in [5.74, 6) is -0.444. The van der Waals surface area contributed by atoms with E-state index in [1.54, 1.807) is 0 Å². The maximum atomic E-state index is 12.3. The predicted molar refractivity (Wildman–Crippen MR) is 74.0 cm³/mol. The van der Waals surface area contributed by atoms with Crippen molar-refractivity contribution in [1.82, 2.24) is 0 Å². The van der Waals surface area contributed by atoms with Gasteiger partial charge >= 0.3 is 137 Å². The summed E-state index contributed by atoms with van der Waals surface area (Å²) in [5, 5.41) is 0. The third-order valence-electron chi connectivity index (χ3n) is 6.06. The summed E-state index contributed by atoms with van der Waals surface area (Å²) >= 11 is -1.34. The number of hydrogen-bond donors (Lipinski definition) is 0. The number of Topliss-reactive ketones (excluding diaryl/α,β-unsaturated/α-hetero) is 1. The number of esters is 1. The van der Waals surface area contributed by atoms with Crippen molar-refractivity contribution in [3.63, 3.8) is 0 Å². The Morgan fingerprint density at radius 1 is 1.35 bits per heavy atom. The van der Waals surface area contributed by atoms with E-state index in [2.05, 4.69) is 20.8 Å². The second kappa shape index (κ2) is 5.87. The molecule has 0 bridgehead atoms. The molecular weight excluding hydrogens is 464 g/mol. The van der Waals surface area contributed by atoms with Crippen LogP contribution in [0.1, 0.15) is 46.5 Å². The van der Waals surface area contributed by atoms with Gasteiger partial charge in [-0.2, -0.15) is 0 Å². The van der Waals surface area contributed by atoms with Gasteiger partial charge < -0.3 is 0 Å². The number of rotatable bonds is 2. The topological polar surface area (TPSA) is 43.4 Å². The van der Waals surface area contributed by atoms with E-state index in [4.69, 9.17) is 13.0 Å². The molecule has 0 heterocycles. The molecule has 1 unspecified atom stereocenters. The average Bonchev–Trinajstić information content (AvgIpc) is 2.37. The van der Waals surface area contributed by atoms with Gasteiger partial charge in [-0.25, -0.2) is 0 Å². The van der Waals surface area contributed by atoms with Gasteiger partial charge in [-0.15, -0.1) is 0 Å². The zero-order valence-corrected chi connectivity index (χ0v) is 19.1. The van der Waals surface area contributed by atoms with Gasteiger partial charge in [0.05, 0.1) is 0 Å². The number of carbonyl (C=O) groups is 2. The van der Waals surface area contributed by atoms with Gasteiger partial charge in [0.1, 0.15) is 0 Å². The Morgan fingerprint density at radius 2 is 2.00 bits per heavy atom. The third-order valence-corrected chi connectivity index (χ3v) is 16.5. The molecule has 2 aliphatic carbocycles.